The second-order valence-corrected chi connectivity index (χ2v) is 6.63. The molecule has 1 fully saturated rings. The Morgan fingerprint density at radius 2 is 2.00 bits per heavy atom. The molecule has 0 amide bonds. The van der Waals surface area contributed by atoms with E-state index < -0.39 is 23.1 Å². The van der Waals surface area contributed by atoms with Gasteiger partial charge in [-0.15, -0.1) is 11.8 Å². The van der Waals surface area contributed by atoms with E-state index in [9.17, 15) is 22.8 Å². The van der Waals surface area contributed by atoms with Crippen molar-refractivity contribution in [2.24, 2.45) is 7.05 Å². The largest absolute Gasteiger partial charge is 0.416 e. The highest BCUT2D eigenvalue weighted by Gasteiger charge is 2.35. The van der Waals surface area contributed by atoms with Crippen LogP contribution in [0, 0.1) is 0 Å². The van der Waals surface area contributed by atoms with Crippen molar-refractivity contribution in [3.05, 3.63) is 50.9 Å². The molecule has 1 aliphatic rings. The molecule has 1 aliphatic carbocycles. The second-order valence-electron chi connectivity index (χ2n) is 5.78. The third-order valence-corrected chi connectivity index (χ3v) is 4.84. The highest BCUT2D eigenvalue weighted by molar-refractivity contribution is 7.98. The van der Waals surface area contributed by atoms with Gasteiger partial charge in [0.1, 0.15) is 5.56 Å². The first-order chi connectivity index (χ1) is 11.2. The SMILES string of the molecule is CSc1cc(C(F)(F)F)ccc1C(=O)c1c(C2CC2)[nH]n(C)c1=O. The lowest BCUT2D eigenvalue weighted by Crippen LogP contribution is -2.20. The number of rotatable bonds is 4. The zero-order chi connectivity index (χ0) is 17.6. The van der Waals surface area contributed by atoms with Crippen molar-refractivity contribution < 1.29 is 18.0 Å². The number of aromatic amines is 1. The minimum Gasteiger partial charge on any atom is -0.299 e. The van der Waals surface area contributed by atoms with Gasteiger partial charge in [0.15, 0.2) is 0 Å². The summed E-state index contributed by atoms with van der Waals surface area (Å²) in [6.45, 7) is 0. The molecule has 1 aromatic heterocycles. The van der Waals surface area contributed by atoms with Gasteiger partial charge in [-0.3, -0.25) is 19.4 Å². The molecule has 0 unspecified atom stereocenters. The molecule has 4 nitrogen and oxygen atoms in total. The van der Waals surface area contributed by atoms with E-state index in [0.29, 0.717) is 5.69 Å². The van der Waals surface area contributed by atoms with Gasteiger partial charge in [-0.05, 0) is 37.3 Å². The van der Waals surface area contributed by atoms with Gasteiger partial charge in [0.2, 0.25) is 5.78 Å². The number of H-pyrrole nitrogens is 1. The highest BCUT2D eigenvalue weighted by atomic mass is 32.2. The molecule has 3 rings (SSSR count). The van der Waals surface area contributed by atoms with Crippen LogP contribution in [0.4, 0.5) is 13.2 Å². The molecule has 1 N–H and O–H groups in total. The zero-order valence-electron chi connectivity index (χ0n) is 13.0. The first kappa shape index (κ1) is 16.9. The van der Waals surface area contributed by atoms with Gasteiger partial charge < -0.3 is 0 Å². The van der Waals surface area contributed by atoms with Crippen molar-refractivity contribution >= 4 is 17.5 Å². The molecule has 0 bridgehead atoms. The number of alkyl halides is 3. The summed E-state index contributed by atoms with van der Waals surface area (Å²) < 4.78 is 39.8. The molecule has 24 heavy (non-hydrogen) atoms. The lowest BCUT2D eigenvalue weighted by Gasteiger charge is -2.11. The predicted octanol–water partition coefficient (Wildman–Crippen LogP) is 3.56. The van der Waals surface area contributed by atoms with Crippen molar-refractivity contribution in [1.29, 1.82) is 0 Å². The van der Waals surface area contributed by atoms with E-state index in [1.165, 1.54) is 11.7 Å². The van der Waals surface area contributed by atoms with E-state index in [1.807, 2.05) is 0 Å². The second kappa shape index (κ2) is 5.84. The molecule has 2 aromatic rings. The van der Waals surface area contributed by atoms with Crippen LogP contribution < -0.4 is 5.56 Å². The lowest BCUT2D eigenvalue weighted by atomic mass is 10.0. The quantitative estimate of drug-likeness (QED) is 0.673. The summed E-state index contributed by atoms with van der Waals surface area (Å²) in [6.07, 6.45) is -1.09. The van der Waals surface area contributed by atoms with Crippen molar-refractivity contribution in [3.63, 3.8) is 0 Å². The van der Waals surface area contributed by atoms with E-state index in [0.717, 1.165) is 42.8 Å². The van der Waals surface area contributed by atoms with Crippen LogP contribution in [0.25, 0.3) is 0 Å². The third kappa shape index (κ3) is 2.90. The Bertz CT molecular complexity index is 863. The molecule has 8 heteroatoms. The molecule has 0 spiro atoms. The number of carbonyl (C=O) groups excluding carboxylic acids is 1. The Labute approximate surface area is 140 Å². The molecule has 1 saturated carbocycles. The Kier molecular flexibility index (Phi) is 4.11. The molecule has 1 aromatic carbocycles. The van der Waals surface area contributed by atoms with Gasteiger partial charge in [-0.1, -0.05) is 0 Å². The molecule has 0 saturated heterocycles. The fourth-order valence-corrected chi connectivity index (χ4v) is 3.27. The molecular formula is C16H15F3N2O2S. The van der Waals surface area contributed by atoms with Crippen LogP contribution in [-0.2, 0) is 13.2 Å². The van der Waals surface area contributed by atoms with Crippen LogP contribution in [0.2, 0.25) is 0 Å². The van der Waals surface area contributed by atoms with E-state index in [2.05, 4.69) is 5.10 Å². The lowest BCUT2D eigenvalue weighted by molar-refractivity contribution is -0.137. The average Bonchev–Trinajstić information content (AvgIpc) is 3.32. The maximum absolute atomic E-state index is 12.9. The first-order valence-corrected chi connectivity index (χ1v) is 8.55. The van der Waals surface area contributed by atoms with Gasteiger partial charge >= 0.3 is 6.18 Å². The van der Waals surface area contributed by atoms with Gasteiger partial charge in [-0.25, -0.2) is 0 Å². The fourth-order valence-electron chi connectivity index (χ4n) is 2.65. The number of nitrogens with zero attached hydrogens (tertiary/aromatic N) is 1. The normalized spacial score (nSPS) is 14.9. The monoisotopic (exact) mass is 356 g/mol. The van der Waals surface area contributed by atoms with Gasteiger partial charge in [0, 0.05) is 23.4 Å². The number of ketones is 1. The Hall–Kier alpha value is -1.96. The summed E-state index contributed by atoms with van der Waals surface area (Å²) in [7, 11) is 1.52. The van der Waals surface area contributed by atoms with Crippen LogP contribution in [-0.4, -0.2) is 21.8 Å². The van der Waals surface area contributed by atoms with E-state index in [4.69, 9.17) is 0 Å². The summed E-state index contributed by atoms with van der Waals surface area (Å²) in [5.74, 6) is -0.387. The maximum atomic E-state index is 12.9. The number of thioether (sulfide) groups is 1. The smallest absolute Gasteiger partial charge is 0.299 e. The zero-order valence-corrected chi connectivity index (χ0v) is 13.8. The van der Waals surface area contributed by atoms with E-state index in [-0.39, 0.29) is 21.9 Å². The number of hydrogen-bond acceptors (Lipinski definition) is 3. The average molecular weight is 356 g/mol. The van der Waals surface area contributed by atoms with Gasteiger partial charge in [-0.2, -0.15) is 13.2 Å². The number of aromatic nitrogens is 2. The maximum Gasteiger partial charge on any atom is 0.416 e. The predicted molar refractivity (Wildman–Crippen MR) is 84.7 cm³/mol. The standard InChI is InChI=1S/C16H15F3N2O2S/c1-21-15(23)12(13(20-21)8-3-4-8)14(22)10-6-5-9(16(17,18)19)7-11(10)24-2/h5-8,20H,3-4H2,1-2H3. The van der Waals surface area contributed by atoms with Gasteiger partial charge in [0.25, 0.3) is 5.56 Å². The van der Waals surface area contributed by atoms with Crippen LogP contribution in [0.1, 0.15) is 45.9 Å². The molecule has 0 radical (unpaired) electrons. The number of carbonyl (C=O) groups is 1. The number of hydrogen-bond donors (Lipinski definition) is 1. The Balaban J connectivity index is 2.10. The Morgan fingerprint density at radius 3 is 2.54 bits per heavy atom. The number of benzene rings is 1. The summed E-state index contributed by atoms with van der Waals surface area (Å²) in [5, 5.41) is 2.90. The Morgan fingerprint density at radius 1 is 1.33 bits per heavy atom. The van der Waals surface area contributed by atoms with Crippen molar-refractivity contribution in [3.8, 4) is 0 Å². The minimum atomic E-state index is -4.48. The van der Waals surface area contributed by atoms with Crippen molar-refractivity contribution in [2.75, 3.05) is 6.26 Å². The topological polar surface area (TPSA) is 54.9 Å². The summed E-state index contributed by atoms with van der Waals surface area (Å²) in [6, 6.07) is 2.98. The van der Waals surface area contributed by atoms with E-state index in [1.54, 1.807) is 6.26 Å². The fraction of sp³-hybridized carbons (Fsp3) is 0.375. The number of aryl methyl sites for hydroxylation is 1. The first-order valence-electron chi connectivity index (χ1n) is 7.33. The van der Waals surface area contributed by atoms with Crippen LogP contribution in [0.5, 0.6) is 0 Å². The summed E-state index contributed by atoms with van der Waals surface area (Å²) in [5.41, 5.74) is -0.523. The summed E-state index contributed by atoms with van der Waals surface area (Å²) in [4.78, 5) is 25.3. The van der Waals surface area contributed by atoms with Crippen LogP contribution in [0.3, 0.4) is 0 Å². The molecule has 1 heterocycles. The van der Waals surface area contributed by atoms with Crippen LogP contribution >= 0.6 is 11.8 Å². The molecule has 0 aliphatic heterocycles. The third-order valence-electron chi connectivity index (χ3n) is 4.06. The van der Waals surface area contributed by atoms with Gasteiger partial charge in [0.05, 0.1) is 11.3 Å². The number of nitrogens with one attached hydrogen (secondary N) is 1. The highest BCUT2D eigenvalue weighted by Crippen LogP contribution is 2.41. The van der Waals surface area contributed by atoms with Crippen molar-refractivity contribution in [2.45, 2.75) is 29.8 Å². The summed E-state index contributed by atoms with van der Waals surface area (Å²) >= 11 is 1.05. The van der Waals surface area contributed by atoms with Crippen LogP contribution in [0.15, 0.2) is 27.9 Å². The molecular weight excluding hydrogens is 341 g/mol. The van der Waals surface area contributed by atoms with Crippen molar-refractivity contribution in [1.82, 2.24) is 9.78 Å². The molecule has 0 atom stereocenters. The minimum absolute atomic E-state index is 0.0371. The van der Waals surface area contributed by atoms with E-state index >= 15 is 0 Å². The number of halogens is 3. The molecule has 128 valence electrons.